The Hall–Kier alpha value is -3.14. The van der Waals surface area contributed by atoms with Crippen LogP contribution in [0, 0.1) is 5.92 Å². The average molecular weight is 444 g/mol. The van der Waals surface area contributed by atoms with Gasteiger partial charge in [0.1, 0.15) is 17.6 Å². The highest BCUT2D eigenvalue weighted by Gasteiger charge is 2.21. The van der Waals surface area contributed by atoms with Gasteiger partial charge in [0.25, 0.3) is 5.56 Å². The van der Waals surface area contributed by atoms with Crippen molar-refractivity contribution in [2.24, 2.45) is 5.92 Å². The molecular weight excluding hydrogens is 418 g/mol. The molecule has 31 heavy (non-hydrogen) atoms. The molecule has 0 bridgehead atoms. The molecule has 1 fully saturated rings. The lowest BCUT2D eigenvalue weighted by atomic mass is 10.0. The SMILES string of the molecule is COc1ccc(NC(=O)Cn2cnc3nc(N4CCC[C@H](C)C4)sc3c2=O)cc1OC. The molecule has 2 aromatic heterocycles. The van der Waals surface area contributed by atoms with E-state index < -0.39 is 0 Å². The Bertz CT molecular complexity index is 1160. The third-order valence-electron chi connectivity index (χ3n) is 5.28. The van der Waals surface area contributed by atoms with E-state index in [9.17, 15) is 9.59 Å². The van der Waals surface area contributed by atoms with Gasteiger partial charge in [0, 0.05) is 24.8 Å². The number of nitrogens with one attached hydrogen (secondary N) is 1. The highest BCUT2D eigenvalue weighted by molar-refractivity contribution is 7.22. The van der Waals surface area contributed by atoms with Crippen molar-refractivity contribution < 1.29 is 14.3 Å². The first-order valence-corrected chi connectivity index (χ1v) is 10.9. The molecule has 0 radical (unpaired) electrons. The van der Waals surface area contributed by atoms with Crippen LogP contribution in [-0.2, 0) is 11.3 Å². The molecule has 0 spiro atoms. The molecule has 164 valence electrons. The molecule has 1 aromatic carbocycles. The summed E-state index contributed by atoms with van der Waals surface area (Å²) in [5.41, 5.74) is 0.713. The zero-order valence-corrected chi connectivity index (χ0v) is 18.6. The fraction of sp³-hybridized carbons (Fsp3) is 0.429. The number of piperidine rings is 1. The maximum absolute atomic E-state index is 12.9. The van der Waals surface area contributed by atoms with Crippen molar-refractivity contribution in [2.75, 3.05) is 37.5 Å². The normalized spacial score (nSPS) is 16.4. The van der Waals surface area contributed by atoms with Crippen molar-refractivity contribution in [1.82, 2.24) is 14.5 Å². The highest BCUT2D eigenvalue weighted by Crippen LogP contribution is 2.30. The number of ether oxygens (including phenoxy) is 2. The Kier molecular flexibility index (Phi) is 6.08. The lowest BCUT2D eigenvalue weighted by molar-refractivity contribution is -0.116. The molecule has 3 heterocycles. The second-order valence-electron chi connectivity index (χ2n) is 7.64. The molecule has 0 unspecified atom stereocenters. The van der Waals surface area contributed by atoms with Crippen molar-refractivity contribution in [1.29, 1.82) is 0 Å². The minimum Gasteiger partial charge on any atom is -0.493 e. The van der Waals surface area contributed by atoms with E-state index in [1.807, 2.05) is 0 Å². The van der Waals surface area contributed by atoms with Crippen molar-refractivity contribution in [2.45, 2.75) is 26.3 Å². The number of nitrogens with zero attached hydrogens (tertiary/aromatic N) is 4. The van der Waals surface area contributed by atoms with E-state index in [1.165, 1.54) is 35.8 Å². The number of fused-ring (bicyclic) bond motifs is 1. The number of carbonyl (C=O) groups excluding carboxylic acids is 1. The van der Waals surface area contributed by atoms with Gasteiger partial charge in [-0.2, -0.15) is 4.98 Å². The van der Waals surface area contributed by atoms with Crippen LogP contribution in [0.1, 0.15) is 19.8 Å². The van der Waals surface area contributed by atoms with Crippen LogP contribution in [0.5, 0.6) is 11.5 Å². The highest BCUT2D eigenvalue weighted by atomic mass is 32.1. The van der Waals surface area contributed by atoms with Crippen molar-refractivity contribution >= 4 is 38.4 Å². The third-order valence-corrected chi connectivity index (χ3v) is 6.37. The number of hydrogen-bond donors (Lipinski definition) is 1. The zero-order valence-electron chi connectivity index (χ0n) is 17.8. The van der Waals surface area contributed by atoms with E-state index in [0.717, 1.165) is 24.6 Å². The Labute approximate surface area is 183 Å². The molecular formula is C21H25N5O4S. The summed E-state index contributed by atoms with van der Waals surface area (Å²) in [6.45, 7) is 3.94. The second-order valence-corrected chi connectivity index (χ2v) is 8.62. The van der Waals surface area contributed by atoms with E-state index in [2.05, 4.69) is 27.1 Å². The van der Waals surface area contributed by atoms with Crippen LogP contribution in [0.2, 0.25) is 0 Å². The lowest BCUT2D eigenvalue weighted by Crippen LogP contribution is -2.34. The molecule has 0 aliphatic carbocycles. The molecule has 1 N–H and O–H groups in total. The molecule has 1 aliphatic heterocycles. The van der Waals surface area contributed by atoms with Gasteiger partial charge < -0.3 is 19.7 Å². The van der Waals surface area contributed by atoms with Gasteiger partial charge in [0.15, 0.2) is 22.3 Å². The van der Waals surface area contributed by atoms with Gasteiger partial charge in [-0.25, -0.2) is 4.98 Å². The molecule has 1 atom stereocenters. The first-order chi connectivity index (χ1) is 15.0. The standard InChI is InChI=1S/C21H25N5O4S/c1-13-5-4-8-25(10-13)21-24-19-18(31-21)20(28)26(12-22-19)11-17(27)23-14-6-7-15(29-2)16(9-14)30-3/h6-7,9,12-13H,4-5,8,10-11H2,1-3H3,(H,23,27)/t13-/m0/s1. The van der Waals surface area contributed by atoms with Gasteiger partial charge >= 0.3 is 0 Å². The Morgan fingerprint density at radius 3 is 2.84 bits per heavy atom. The monoisotopic (exact) mass is 443 g/mol. The van der Waals surface area contributed by atoms with Crippen molar-refractivity contribution in [3.8, 4) is 11.5 Å². The number of benzene rings is 1. The van der Waals surface area contributed by atoms with Gasteiger partial charge in [-0.1, -0.05) is 18.3 Å². The van der Waals surface area contributed by atoms with Crippen LogP contribution in [0.4, 0.5) is 10.8 Å². The number of hydrogen-bond acceptors (Lipinski definition) is 8. The summed E-state index contributed by atoms with van der Waals surface area (Å²) in [5.74, 6) is 1.33. The lowest BCUT2D eigenvalue weighted by Gasteiger charge is -2.30. The number of aromatic nitrogens is 3. The summed E-state index contributed by atoms with van der Waals surface area (Å²) in [6, 6.07) is 5.07. The molecule has 3 aromatic rings. The molecule has 1 aliphatic rings. The van der Waals surface area contributed by atoms with Gasteiger partial charge in [-0.3, -0.25) is 14.2 Å². The van der Waals surface area contributed by atoms with Crippen LogP contribution in [0.15, 0.2) is 29.3 Å². The fourth-order valence-electron chi connectivity index (χ4n) is 3.72. The summed E-state index contributed by atoms with van der Waals surface area (Å²) in [5, 5.41) is 3.59. The van der Waals surface area contributed by atoms with Crippen molar-refractivity contribution in [3.05, 3.63) is 34.9 Å². The number of carbonyl (C=O) groups is 1. The molecule has 10 heteroatoms. The summed E-state index contributed by atoms with van der Waals surface area (Å²) in [7, 11) is 3.07. The number of amides is 1. The van der Waals surface area contributed by atoms with Crippen LogP contribution < -0.4 is 25.2 Å². The second kappa shape index (κ2) is 8.93. The Morgan fingerprint density at radius 2 is 2.10 bits per heavy atom. The summed E-state index contributed by atoms with van der Waals surface area (Å²) in [6.07, 6.45) is 3.70. The van der Waals surface area contributed by atoms with Crippen molar-refractivity contribution in [3.63, 3.8) is 0 Å². The van der Waals surface area contributed by atoms with Gasteiger partial charge in [-0.15, -0.1) is 0 Å². The number of methoxy groups -OCH3 is 2. The average Bonchev–Trinajstić information content (AvgIpc) is 3.21. The number of anilines is 2. The molecule has 1 amide bonds. The smallest absolute Gasteiger partial charge is 0.273 e. The largest absolute Gasteiger partial charge is 0.493 e. The summed E-state index contributed by atoms with van der Waals surface area (Å²) in [4.78, 5) is 36.5. The van der Waals surface area contributed by atoms with E-state index in [-0.39, 0.29) is 18.0 Å². The van der Waals surface area contributed by atoms with E-state index >= 15 is 0 Å². The first-order valence-electron chi connectivity index (χ1n) is 10.1. The van der Waals surface area contributed by atoms with Gasteiger partial charge in [0.2, 0.25) is 5.91 Å². The van der Waals surface area contributed by atoms with E-state index in [4.69, 9.17) is 9.47 Å². The summed E-state index contributed by atoms with van der Waals surface area (Å²) < 4.78 is 12.2. The predicted molar refractivity (Wildman–Crippen MR) is 120 cm³/mol. The van der Waals surface area contributed by atoms with E-state index in [1.54, 1.807) is 25.3 Å². The molecule has 4 rings (SSSR count). The maximum Gasteiger partial charge on any atom is 0.273 e. The minimum absolute atomic E-state index is 0.149. The maximum atomic E-state index is 12.9. The topological polar surface area (TPSA) is 98.6 Å². The Morgan fingerprint density at radius 1 is 1.29 bits per heavy atom. The predicted octanol–water partition coefficient (Wildman–Crippen LogP) is 2.75. The Balaban J connectivity index is 1.51. The number of rotatable bonds is 6. The fourth-order valence-corrected chi connectivity index (χ4v) is 4.72. The zero-order chi connectivity index (χ0) is 22.0. The quantitative estimate of drug-likeness (QED) is 0.625. The van der Waals surface area contributed by atoms with Gasteiger partial charge in [0.05, 0.1) is 14.2 Å². The molecule has 9 nitrogen and oxygen atoms in total. The molecule has 1 saturated heterocycles. The van der Waals surface area contributed by atoms with Crippen LogP contribution >= 0.6 is 11.3 Å². The van der Waals surface area contributed by atoms with Crippen LogP contribution in [0.25, 0.3) is 10.3 Å². The van der Waals surface area contributed by atoms with E-state index in [0.29, 0.717) is 33.5 Å². The van der Waals surface area contributed by atoms with Crippen LogP contribution in [0.3, 0.4) is 0 Å². The summed E-state index contributed by atoms with van der Waals surface area (Å²) >= 11 is 1.34. The van der Waals surface area contributed by atoms with Gasteiger partial charge in [-0.05, 0) is 30.9 Å². The molecule has 0 saturated carbocycles. The minimum atomic E-state index is -0.343. The third kappa shape index (κ3) is 4.48. The van der Waals surface area contributed by atoms with Crippen LogP contribution in [-0.4, -0.2) is 47.8 Å². The first kappa shape index (κ1) is 21.1. The number of thiazole rings is 1.